The summed E-state index contributed by atoms with van der Waals surface area (Å²) in [5.41, 5.74) is 3.44. The van der Waals surface area contributed by atoms with E-state index in [0.29, 0.717) is 39.4 Å². The molecular weight excluding hydrogens is 543 g/mol. The fourth-order valence-corrected chi connectivity index (χ4v) is 4.32. The van der Waals surface area contributed by atoms with E-state index in [2.05, 4.69) is 31.1 Å². The van der Waals surface area contributed by atoms with Gasteiger partial charge in [0, 0.05) is 60.7 Å². The minimum absolute atomic E-state index is 0.0351. The van der Waals surface area contributed by atoms with Crippen molar-refractivity contribution in [2.45, 2.75) is 32.9 Å². The summed E-state index contributed by atoms with van der Waals surface area (Å²) in [5, 5.41) is 20.7. The highest BCUT2D eigenvalue weighted by Crippen LogP contribution is 2.36. The molecule has 0 aliphatic rings. The Bertz CT molecular complexity index is 1410. The summed E-state index contributed by atoms with van der Waals surface area (Å²) in [5.74, 6) is -0.933. The molecule has 3 aromatic heterocycles. The van der Waals surface area contributed by atoms with Crippen molar-refractivity contribution in [1.82, 2.24) is 24.5 Å². The molecule has 0 saturated carbocycles. The van der Waals surface area contributed by atoms with Crippen molar-refractivity contribution in [3.05, 3.63) is 85.1 Å². The van der Waals surface area contributed by atoms with Crippen LogP contribution in [0.2, 0.25) is 5.15 Å². The van der Waals surface area contributed by atoms with Crippen LogP contribution < -0.4 is 4.74 Å². The summed E-state index contributed by atoms with van der Waals surface area (Å²) in [7, 11) is 1.80. The quantitative estimate of drug-likeness (QED) is 0.196. The first-order chi connectivity index (χ1) is 16.7. The molecule has 0 bridgehead atoms. The molecule has 182 valence electrons. The smallest absolute Gasteiger partial charge is 0.406 e. The van der Waals surface area contributed by atoms with Crippen LogP contribution in [-0.4, -0.2) is 29.5 Å². The van der Waals surface area contributed by atoms with Crippen LogP contribution in [0.25, 0.3) is 11.3 Å². The molecule has 9 nitrogen and oxygen atoms in total. The monoisotopic (exact) mass is 562 g/mol. The minimum Gasteiger partial charge on any atom is -0.478 e. The molecule has 0 amide bonds. The summed E-state index contributed by atoms with van der Waals surface area (Å²) in [6.45, 7) is 4.35. The number of benzene rings is 1. The molecule has 1 atom stereocenters. The maximum atomic E-state index is 14.3. The predicted octanol–water partition coefficient (Wildman–Crippen LogP) is 5.89. The van der Waals surface area contributed by atoms with Crippen LogP contribution in [-0.2, 0) is 20.0 Å². The normalized spacial score (nSPS) is 12.1. The van der Waals surface area contributed by atoms with Crippen LogP contribution in [0.4, 0.5) is 10.2 Å². The molecule has 0 unspecified atom stereocenters. The fraction of sp³-hybridized carbons (Fsp3) is 0.261. The van der Waals surface area contributed by atoms with Gasteiger partial charge in [0.25, 0.3) is 0 Å². The molecule has 0 aliphatic carbocycles. The van der Waals surface area contributed by atoms with Crippen molar-refractivity contribution in [3.63, 3.8) is 0 Å². The second kappa shape index (κ2) is 10.1. The Morgan fingerprint density at radius 1 is 1.26 bits per heavy atom. The average molecular weight is 564 g/mol. The molecule has 0 aliphatic heterocycles. The van der Waals surface area contributed by atoms with Crippen molar-refractivity contribution in [2.75, 3.05) is 0 Å². The molecule has 4 aromatic rings. The van der Waals surface area contributed by atoms with Gasteiger partial charge in [0.1, 0.15) is 11.9 Å². The fourth-order valence-electron chi connectivity index (χ4n) is 3.80. The highest BCUT2D eigenvalue weighted by Gasteiger charge is 2.24. The number of hydrogen-bond acceptors (Lipinski definition) is 6. The first kappa shape index (κ1) is 24.8. The first-order valence-electron chi connectivity index (χ1n) is 10.7. The molecule has 3 heterocycles. The van der Waals surface area contributed by atoms with Crippen molar-refractivity contribution >= 4 is 33.3 Å². The largest absolute Gasteiger partial charge is 0.478 e. The molecule has 0 spiro atoms. The lowest BCUT2D eigenvalue weighted by Crippen LogP contribution is -2.08. The van der Waals surface area contributed by atoms with Crippen LogP contribution in [0.5, 0.6) is 5.75 Å². The van der Waals surface area contributed by atoms with E-state index in [-0.39, 0.29) is 5.75 Å². The Morgan fingerprint density at radius 2 is 2.03 bits per heavy atom. The molecule has 0 N–H and O–H groups in total. The Kier molecular flexibility index (Phi) is 7.18. The summed E-state index contributed by atoms with van der Waals surface area (Å²) in [6.07, 6.45) is 4.79. The summed E-state index contributed by atoms with van der Waals surface area (Å²) in [6, 6.07) is 5.77. The third-order valence-electron chi connectivity index (χ3n) is 5.38. The molecular formula is C23H21BrClFN6O3. The summed E-state index contributed by atoms with van der Waals surface area (Å²) >= 11 is 9.59. The number of halogens is 3. The van der Waals surface area contributed by atoms with Gasteiger partial charge < -0.3 is 14.9 Å². The zero-order valence-corrected chi connectivity index (χ0v) is 21.4. The van der Waals surface area contributed by atoms with Crippen molar-refractivity contribution < 1.29 is 14.1 Å². The number of nitrogens with zero attached hydrogens (tertiary/aromatic N) is 6. The number of ether oxygens (including phenoxy) is 1. The molecule has 12 heteroatoms. The van der Waals surface area contributed by atoms with Crippen LogP contribution in [0.3, 0.4) is 0 Å². The predicted molar refractivity (Wildman–Crippen MR) is 132 cm³/mol. The Morgan fingerprint density at radius 3 is 2.71 bits per heavy atom. The number of nitro groups is 1. The highest BCUT2D eigenvalue weighted by molar-refractivity contribution is 9.10. The maximum Gasteiger partial charge on any atom is 0.406 e. The number of rotatable bonds is 8. The van der Waals surface area contributed by atoms with Crippen LogP contribution in [0, 0.1) is 15.9 Å². The highest BCUT2D eigenvalue weighted by atomic mass is 79.9. The van der Waals surface area contributed by atoms with Crippen LogP contribution in [0.15, 0.2) is 47.3 Å². The van der Waals surface area contributed by atoms with Gasteiger partial charge in [-0.1, -0.05) is 11.6 Å². The second-order valence-corrected chi connectivity index (χ2v) is 9.15. The van der Waals surface area contributed by atoms with E-state index >= 15 is 0 Å². The summed E-state index contributed by atoms with van der Waals surface area (Å²) < 4.78 is 24.2. The number of pyridine rings is 1. The van der Waals surface area contributed by atoms with E-state index in [9.17, 15) is 14.5 Å². The minimum atomic E-state index is -0.753. The molecule has 0 saturated heterocycles. The maximum absolute atomic E-state index is 14.3. The van der Waals surface area contributed by atoms with E-state index in [1.165, 1.54) is 24.4 Å². The van der Waals surface area contributed by atoms with Gasteiger partial charge in [-0.3, -0.25) is 9.36 Å². The summed E-state index contributed by atoms with van der Waals surface area (Å²) in [4.78, 5) is 14.6. The van der Waals surface area contributed by atoms with Crippen LogP contribution in [0.1, 0.15) is 36.6 Å². The third-order valence-corrected chi connectivity index (χ3v) is 6.13. The lowest BCUT2D eigenvalue weighted by Gasteiger charge is -2.18. The van der Waals surface area contributed by atoms with Crippen LogP contribution >= 0.6 is 27.5 Å². The third kappa shape index (κ3) is 5.35. The average Bonchev–Trinajstić information content (AvgIpc) is 3.35. The molecule has 35 heavy (non-hydrogen) atoms. The lowest BCUT2D eigenvalue weighted by molar-refractivity contribution is -0.390. The van der Waals surface area contributed by atoms with E-state index < -0.39 is 22.7 Å². The van der Waals surface area contributed by atoms with E-state index in [4.69, 9.17) is 16.3 Å². The van der Waals surface area contributed by atoms with E-state index in [0.717, 1.165) is 11.1 Å². The van der Waals surface area contributed by atoms with Crippen molar-refractivity contribution in [3.8, 4) is 17.0 Å². The Balaban J connectivity index is 1.74. The molecule has 4 rings (SSSR count). The Labute approximate surface area is 213 Å². The lowest BCUT2D eigenvalue weighted by atomic mass is 9.96. The number of hydrogen-bond donors (Lipinski definition) is 0. The van der Waals surface area contributed by atoms with Gasteiger partial charge in [-0.15, -0.1) is 0 Å². The zero-order chi connectivity index (χ0) is 25.3. The first-order valence-corrected chi connectivity index (χ1v) is 11.8. The molecule has 0 fully saturated rings. The second-order valence-electron chi connectivity index (χ2n) is 7.88. The number of aryl methyl sites for hydroxylation is 2. The molecule has 1 aromatic carbocycles. The van der Waals surface area contributed by atoms with Gasteiger partial charge in [-0.05, 0) is 57.9 Å². The van der Waals surface area contributed by atoms with E-state index in [1.807, 2.05) is 19.3 Å². The molecule has 0 radical (unpaired) electrons. The zero-order valence-electron chi connectivity index (χ0n) is 19.1. The van der Waals surface area contributed by atoms with Gasteiger partial charge in [-0.25, -0.2) is 4.39 Å². The van der Waals surface area contributed by atoms with Gasteiger partial charge >= 0.3 is 5.82 Å². The number of aromatic nitrogens is 5. The SMILES string of the molecule is CCn1cc(Cc2cn(C)nc2-c2ccc(F)cc2[C@@H](C)Oc2cc(Br)cnc2[N+](=O)[O-])c(Cl)n1. The topological polar surface area (TPSA) is 101 Å². The van der Waals surface area contributed by atoms with Crippen molar-refractivity contribution in [1.29, 1.82) is 0 Å². The standard InChI is InChI=1S/C23H21BrClFN6O3/c1-4-31-12-15(22(25)29-31)7-14-11-30(3)28-21(14)18-6-5-17(26)9-19(18)13(2)35-20-8-16(24)10-27-23(20)32(33)34/h5-6,8-13H,4,7H2,1-3H3/t13-/m1/s1. The van der Waals surface area contributed by atoms with Gasteiger partial charge in [0.15, 0.2) is 11.3 Å². The van der Waals surface area contributed by atoms with E-state index in [1.54, 1.807) is 29.4 Å². The Hall–Kier alpha value is -3.31. The van der Waals surface area contributed by atoms with Gasteiger partial charge in [0.2, 0.25) is 5.75 Å². The van der Waals surface area contributed by atoms with Gasteiger partial charge in [0.05, 0.1) is 10.2 Å². The van der Waals surface area contributed by atoms with Crippen molar-refractivity contribution in [2.24, 2.45) is 7.05 Å². The van der Waals surface area contributed by atoms with Gasteiger partial charge in [-0.2, -0.15) is 10.2 Å².